The Hall–Kier alpha value is -0.570. The largest absolute Gasteiger partial charge is 0.341 e. The van der Waals surface area contributed by atoms with Crippen LogP contribution in [-0.2, 0) is 4.79 Å². The van der Waals surface area contributed by atoms with Gasteiger partial charge in [-0.1, -0.05) is 41.0 Å². The lowest BCUT2D eigenvalue weighted by Crippen LogP contribution is -2.47. The van der Waals surface area contributed by atoms with E-state index in [0.717, 1.165) is 32.4 Å². The van der Waals surface area contributed by atoms with E-state index < -0.39 is 0 Å². The Balaban J connectivity index is 2.60. The molecule has 0 aliphatic carbocycles. The van der Waals surface area contributed by atoms with E-state index in [1.165, 1.54) is 6.42 Å². The summed E-state index contributed by atoms with van der Waals surface area (Å²) in [5.41, 5.74) is 6.43. The zero-order valence-electron chi connectivity index (χ0n) is 13.4. The number of hydrogen-bond acceptors (Lipinski definition) is 2. The number of amides is 1. The number of carbonyl (C=O) groups is 1. The van der Waals surface area contributed by atoms with E-state index >= 15 is 0 Å². The molecule has 1 saturated heterocycles. The van der Waals surface area contributed by atoms with Gasteiger partial charge in [0.15, 0.2) is 0 Å². The van der Waals surface area contributed by atoms with Gasteiger partial charge in [-0.25, -0.2) is 0 Å². The standard InChI is InChI=1S/C16H32N2O/c1-6-12(2)14(17)15(19)18-10-7-8-13(9-11-18)16(3,4)5/h12-14H,6-11,17H2,1-5H3/t12-,13?,14-/m0/s1. The van der Waals surface area contributed by atoms with Crippen LogP contribution in [0.25, 0.3) is 0 Å². The fraction of sp³-hybridized carbons (Fsp3) is 0.938. The van der Waals surface area contributed by atoms with Gasteiger partial charge in [-0.15, -0.1) is 0 Å². The maximum absolute atomic E-state index is 12.4. The first-order valence-corrected chi connectivity index (χ1v) is 7.81. The molecule has 19 heavy (non-hydrogen) atoms. The van der Waals surface area contributed by atoms with Crippen molar-refractivity contribution >= 4 is 5.91 Å². The zero-order chi connectivity index (χ0) is 14.6. The van der Waals surface area contributed by atoms with E-state index in [9.17, 15) is 4.79 Å². The smallest absolute Gasteiger partial charge is 0.239 e. The van der Waals surface area contributed by atoms with Crippen LogP contribution in [0.2, 0.25) is 0 Å². The molecule has 3 atom stereocenters. The normalized spacial score (nSPS) is 24.7. The van der Waals surface area contributed by atoms with Crippen LogP contribution in [0.5, 0.6) is 0 Å². The minimum Gasteiger partial charge on any atom is -0.341 e. The second-order valence-electron chi connectivity index (χ2n) is 7.23. The van der Waals surface area contributed by atoms with Crippen LogP contribution in [0.4, 0.5) is 0 Å². The summed E-state index contributed by atoms with van der Waals surface area (Å²) >= 11 is 0. The van der Waals surface area contributed by atoms with Crippen LogP contribution >= 0.6 is 0 Å². The third-order valence-corrected chi connectivity index (χ3v) is 4.81. The monoisotopic (exact) mass is 268 g/mol. The van der Waals surface area contributed by atoms with E-state index in [-0.39, 0.29) is 17.9 Å². The Bertz CT molecular complexity index is 296. The summed E-state index contributed by atoms with van der Waals surface area (Å²) in [7, 11) is 0. The molecule has 2 N–H and O–H groups in total. The van der Waals surface area contributed by atoms with Crippen molar-refractivity contribution in [3.8, 4) is 0 Å². The second kappa shape index (κ2) is 6.74. The topological polar surface area (TPSA) is 46.3 Å². The molecule has 0 bridgehead atoms. The van der Waals surface area contributed by atoms with Crippen molar-refractivity contribution < 1.29 is 4.79 Å². The van der Waals surface area contributed by atoms with Crippen molar-refractivity contribution in [1.82, 2.24) is 4.90 Å². The molecule has 0 aromatic carbocycles. The van der Waals surface area contributed by atoms with Crippen molar-refractivity contribution in [3.63, 3.8) is 0 Å². The van der Waals surface area contributed by atoms with Crippen LogP contribution in [0.3, 0.4) is 0 Å². The Morgan fingerprint density at radius 3 is 2.47 bits per heavy atom. The van der Waals surface area contributed by atoms with Gasteiger partial charge in [0.1, 0.15) is 0 Å². The molecule has 0 aromatic heterocycles. The molecule has 3 heteroatoms. The molecule has 1 heterocycles. The lowest BCUT2D eigenvalue weighted by molar-refractivity contribution is -0.133. The number of nitrogens with zero attached hydrogens (tertiary/aromatic N) is 1. The molecular formula is C16H32N2O. The highest BCUT2D eigenvalue weighted by atomic mass is 16.2. The quantitative estimate of drug-likeness (QED) is 0.855. The molecule has 3 nitrogen and oxygen atoms in total. The first-order chi connectivity index (χ1) is 8.77. The number of likely N-dealkylation sites (tertiary alicyclic amines) is 1. The predicted octanol–water partition coefficient (Wildman–Crippen LogP) is 3.03. The van der Waals surface area contributed by atoms with E-state index in [1.54, 1.807) is 0 Å². The first kappa shape index (κ1) is 16.5. The fourth-order valence-electron chi connectivity index (χ4n) is 2.89. The highest BCUT2D eigenvalue weighted by Gasteiger charge is 2.30. The predicted molar refractivity (Wildman–Crippen MR) is 80.8 cm³/mol. The van der Waals surface area contributed by atoms with E-state index in [2.05, 4.69) is 34.6 Å². The molecule has 1 fully saturated rings. The van der Waals surface area contributed by atoms with Crippen LogP contribution in [-0.4, -0.2) is 29.9 Å². The summed E-state index contributed by atoms with van der Waals surface area (Å²) in [4.78, 5) is 14.4. The van der Waals surface area contributed by atoms with Crippen LogP contribution in [0.1, 0.15) is 60.3 Å². The molecule has 0 aromatic rings. The Kier molecular flexibility index (Phi) is 5.84. The van der Waals surface area contributed by atoms with Crippen molar-refractivity contribution in [2.75, 3.05) is 13.1 Å². The molecule has 0 spiro atoms. The molecule has 1 rings (SSSR count). The van der Waals surface area contributed by atoms with Crippen molar-refractivity contribution in [2.45, 2.75) is 66.3 Å². The fourth-order valence-corrected chi connectivity index (χ4v) is 2.89. The average molecular weight is 268 g/mol. The minimum absolute atomic E-state index is 0.156. The number of rotatable bonds is 3. The highest BCUT2D eigenvalue weighted by molar-refractivity contribution is 5.82. The van der Waals surface area contributed by atoms with E-state index in [0.29, 0.717) is 11.3 Å². The lowest BCUT2D eigenvalue weighted by atomic mass is 9.77. The Morgan fingerprint density at radius 2 is 1.95 bits per heavy atom. The van der Waals surface area contributed by atoms with E-state index in [4.69, 9.17) is 5.73 Å². The van der Waals surface area contributed by atoms with Gasteiger partial charge in [0.05, 0.1) is 6.04 Å². The molecule has 1 aliphatic rings. The van der Waals surface area contributed by atoms with Gasteiger partial charge in [0.2, 0.25) is 5.91 Å². The molecule has 1 amide bonds. The SMILES string of the molecule is CC[C@H](C)[C@H](N)C(=O)N1CCCC(C(C)(C)C)CC1. The van der Waals surface area contributed by atoms with Gasteiger partial charge in [0, 0.05) is 13.1 Å². The van der Waals surface area contributed by atoms with Gasteiger partial charge >= 0.3 is 0 Å². The van der Waals surface area contributed by atoms with Gasteiger partial charge in [-0.3, -0.25) is 4.79 Å². The summed E-state index contributed by atoms with van der Waals surface area (Å²) in [6, 6.07) is -0.323. The number of carbonyl (C=O) groups excluding carboxylic acids is 1. The Labute approximate surface area is 118 Å². The van der Waals surface area contributed by atoms with Crippen LogP contribution in [0, 0.1) is 17.3 Å². The number of hydrogen-bond donors (Lipinski definition) is 1. The third kappa shape index (κ3) is 4.48. The summed E-state index contributed by atoms with van der Waals surface area (Å²) in [5.74, 6) is 1.14. The van der Waals surface area contributed by atoms with Gasteiger partial charge in [-0.05, 0) is 36.5 Å². The molecule has 112 valence electrons. The van der Waals surface area contributed by atoms with Crippen LogP contribution < -0.4 is 5.73 Å². The maximum Gasteiger partial charge on any atom is 0.239 e. The van der Waals surface area contributed by atoms with Gasteiger partial charge in [-0.2, -0.15) is 0 Å². The summed E-state index contributed by atoms with van der Waals surface area (Å²) < 4.78 is 0. The highest BCUT2D eigenvalue weighted by Crippen LogP contribution is 2.34. The second-order valence-corrected chi connectivity index (χ2v) is 7.23. The summed E-state index contributed by atoms with van der Waals surface area (Å²) in [6.07, 6.45) is 4.42. The molecule has 1 unspecified atom stereocenters. The maximum atomic E-state index is 12.4. The van der Waals surface area contributed by atoms with Gasteiger partial charge in [0.25, 0.3) is 0 Å². The lowest BCUT2D eigenvalue weighted by Gasteiger charge is -2.30. The minimum atomic E-state index is -0.323. The van der Waals surface area contributed by atoms with Crippen molar-refractivity contribution in [1.29, 1.82) is 0 Å². The average Bonchev–Trinajstić information content (AvgIpc) is 2.61. The molecular weight excluding hydrogens is 236 g/mol. The number of nitrogens with two attached hydrogens (primary N) is 1. The van der Waals surface area contributed by atoms with Crippen molar-refractivity contribution in [3.05, 3.63) is 0 Å². The van der Waals surface area contributed by atoms with Crippen LogP contribution in [0.15, 0.2) is 0 Å². The third-order valence-electron chi connectivity index (χ3n) is 4.81. The summed E-state index contributed by atoms with van der Waals surface area (Å²) in [6.45, 7) is 12.8. The summed E-state index contributed by atoms with van der Waals surface area (Å²) in [5, 5.41) is 0. The van der Waals surface area contributed by atoms with Gasteiger partial charge < -0.3 is 10.6 Å². The van der Waals surface area contributed by atoms with E-state index in [1.807, 2.05) is 4.90 Å². The van der Waals surface area contributed by atoms with Crippen molar-refractivity contribution in [2.24, 2.45) is 23.0 Å². The Morgan fingerprint density at radius 1 is 1.32 bits per heavy atom. The first-order valence-electron chi connectivity index (χ1n) is 7.81. The molecule has 0 saturated carbocycles. The zero-order valence-corrected chi connectivity index (χ0v) is 13.4. The molecule has 0 radical (unpaired) electrons. The molecule has 1 aliphatic heterocycles.